The molecule has 3 N–H and O–H groups in total. The van der Waals surface area contributed by atoms with Crippen molar-refractivity contribution in [2.24, 2.45) is 7.05 Å². The minimum absolute atomic E-state index is 0.0468. The molecular weight excluding hydrogens is 456 g/mol. The lowest BCUT2D eigenvalue weighted by Crippen LogP contribution is -2.59. The smallest absolute Gasteiger partial charge is 0.318 e. The van der Waals surface area contributed by atoms with Gasteiger partial charge in [-0.25, -0.2) is 14.8 Å². The maximum Gasteiger partial charge on any atom is 0.318 e. The van der Waals surface area contributed by atoms with Crippen LogP contribution in [0.15, 0.2) is 42.9 Å². The number of hydrogen-bond donors (Lipinski definition) is 3. The molecule has 190 valence electrons. The van der Waals surface area contributed by atoms with Crippen LogP contribution in [-0.4, -0.2) is 68.6 Å². The molecule has 0 aliphatic carbocycles. The van der Waals surface area contributed by atoms with Crippen LogP contribution in [-0.2, 0) is 18.2 Å². The van der Waals surface area contributed by atoms with Crippen LogP contribution in [0.3, 0.4) is 0 Å². The predicted octanol–water partition coefficient (Wildman–Crippen LogP) is 3.02. The second-order valence-corrected chi connectivity index (χ2v) is 10.4. The minimum Gasteiger partial charge on any atom is -0.369 e. The summed E-state index contributed by atoms with van der Waals surface area (Å²) in [5, 5.41) is 14.0. The first kappa shape index (κ1) is 24.2. The van der Waals surface area contributed by atoms with Crippen LogP contribution in [0.25, 0.3) is 11.3 Å². The summed E-state index contributed by atoms with van der Waals surface area (Å²) in [4.78, 5) is 23.8. The summed E-state index contributed by atoms with van der Waals surface area (Å²) < 4.78 is 7.69. The van der Waals surface area contributed by atoms with Crippen molar-refractivity contribution < 1.29 is 9.53 Å². The number of aryl methyl sites for hydroxylation is 1. The van der Waals surface area contributed by atoms with Gasteiger partial charge in [0, 0.05) is 31.5 Å². The number of hydrogen-bond acceptors (Lipinski definition) is 7. The van der Waals surface area contributed by atoms with E-state index in [1.54, 1.807) is 17.1 Å². The Kier molecular flexibility index (Phi) is 6.63. The van der Waals surface area contributed by atoms with Gasteiger partial charge in [-0.05, 0) is 57.0 Å². The molecule has 2 aromatic heterocycles. The number of aromatic nitrogens is 4. The molecule has 2 aliphatic heterocycles. The molecule has 2 aliphatic rings. The Morgan fingerprint density at radius 2 is 2.06 bits per heavy atom. The molecule has 10 nitrogen and oxygen atoms in total. The third-order valence-corrected chi connectivity index (χ3v) is 6.30. The van der Waals surface area contributed by atoms with Gasteiger partial charge in [0.05, 0.1) is 48.4 Å². The number of nitrogens with one attached hydrogen (secondary N) is 3. The van der Waals surface area contributed by atoms with E-state index in [2.05, 4.69) is 44.2 Å². The highest BCUT2D eigenvalue weighted by Gasteiger charge is 2.35. The SMILES string of the molecule is Cn1cc(Nc2nccc(-c3ccc4c(c3)CCNCC4NC(=O)N3CC(OC(C)(C)C)C3)n2)cn1. The first-order chi connectivity index (χ1) is 17.2. The van der Waals surface area contributed by atoms with Crippen molar-refractivity contribution in [3.05, 3.63) is 54.0 Å². The molecule has 5 rings (SSSR count). The largest absolute Gasteiger partial charge is 0.369 e. The molecule has 3 aromatic rings. The van der Waals surface area contributed by atoms with E-state index in [1.165, 1.54) is 5.56 Å². The average Bonchev–Trinajstić information content (AvgIpc) is 3.10. The van der Waals surface area contributed by atoms with Crippen LogP contribution < -0.4 is 16.0 Å². The predicted molar refractivity (Wildman–Crippen MR) is 138 cm³/mol. The normalized spacial score (nSPS) is 18.2. The van der Waals surface area contributed by atoms with Crippen molar-refractivity contribution in [2.75, 3.05) is 31.5 Å². The lowest BCUT2D eigenvalue weighted by atomic mass is 9.96. The fourth-order valence-corrected chi connectivity index (χ4v) is 4.64. The highest BCUT2D eigenvalue weighted by molar-refractivity contribution is 5.76. The second-order valence-electron chi connectivity index (χ2n) is 10.4. The summed E-state index contributed by atoms with van der Waals surface area (Å²) in [6.07, 6.45) is 6.34. The zero-order valence-corrected chi connectivity index (χ0v) is 21.3. The fourth-order valence-electron chi connectivity index (χ4n) is 4.64. The third kappa shape index (κ3) is 5.66. The van der Waals surface area contributed by atoms with Gasteiger partial charge in [-0.15, -0.1) is 0 Å². The van der Waals surface area contributed by atoms with Crippen molar-refractivity contribution in [1.29, 1.82) is 0 Å². The lowest BCUT2D eigenvalue weighted by Gasteiger charge is -2.42. The summed E-state index contributed by atoms with van der Waals surface area (Å²) in [6.45, 7) is 8.91. The number of nitrogens with zero attached hydrogens (tertiary/aromatic N) is 5. The standard InChI is InChI=1S/C26H34N8O2/c1-26(2,3)36-20-15-34(16-20)25(35)32-23-13-27-9-7-17-11-18(5-6-21(17)23)22-8-10-28-24(31-22)30-19-12-29-33(4)14-19/h5-6,8,10-12,14,20,23,27H,7,9,13,15-16H2,1-4H3,(H,32,35)(H,28,30,31). The summed E-state index contributed by atoms with van der Waals surface area (Å²) in [5.74, 6) is 0.519. The molecule has 4 heterocycles. The van der Waals surface area contributed by atoms with E-state index in [4.69, 9.17) is 9.72 Å². The lowest BCUT2D eigenvalue weighted by molar-refractivity contribution is -0.111. The molecule has 1 unspecified atom stereocenters. The average molecular weight is 491 g/mol. The van der Waals surface area contributed by atoms with Gasteiger partial charge in [0.1, 0.15) is 0 Å². The van der Waals surface area contributed by atoms with Crippen molar-refractivity contribution in [3.63, 3.8) is 0 Å². The number of fused-ring (bicyclic) bond motifs is 1. The van der Waals surface area contributed by atoms with E-state index in [9.17, 15) is 4.79 Å². The van der Waals surface area contributed by atoms with Gasteiger partial charge >= 0.3 is 6.03 Å². The summed E-state index contributed by atoms with van der Waals surface area (Å²) in [7, 11) is 1.87. The Morgan fingerprint density at radius 1 is 1.22 bits per heavy atom. The van der Waals surface area contributed by atoms with Gasteiger partial charge in [-0.1, -0.05) is 12.1 Å². The third-order valence-electron chi connectivity index (χ3n) is 6.30. The highest BCUT2D eigenvalue weighted by Crippen LogP contribution is 2.28. The molecule has 1 saturated heterocycles. The maximum absolute atomic E-state index is 12.9. The van der Waals surface area contributed by atoms with Crippen LogP contribution >= 0.6 is 0 Å². The van der Waals surface area contributed by atoms with E-state index in [0.717, 1.165) is 35.5 Å². The van der Waals surface area contributed by atoms with Crippen molar-refractivity contribution in [3.8, 4) is 11.3 Å². The summed E-state index contributed by atoms with van der Waals surface area (Å²) in [6, 6.07) is 8.12. The van der Waals surface area contributed by atoms with Crippen molar-refractivity contribution in [1.82, 2.24) is 35.3 Å². The monoisotopic (exact) mass is 490 g/mol. The second kappa shape index (κ2) is 9.87. The molecule has 2 amide bonds. The van der Waals surface area contributed by atoms with Gasteiger partial charge in [0.25, 0.3) is 0 Å². The zero-order valence-electron chi connectivity index (χ0n) is 21.3. The van der Waals surface area contributed by atoms with Crippen LogP contribution in [0.2, 0.25) is 0 Å². The highest BCUT2D eigenvalue weighted by atomic mass is 16.5. The molecule has 36 heavy (non-hydrogen) atoms. The van der Waals surface area contributed by atoms with Crippen molar-refractivity contribution in [2.45, 2.75) is 44.9 Å². The van der Waals surface area contributed by atoms with Crippen LogP contribution in [0.1, 0.15) is 37.9 Å². The number of carbonyl (C=O) groups excluding carboxylic acids is 1. The number of rotatable bonds is 5. The molecule has 0 bridgehead atoms. The van der Waals surface area contributed by atoms with E-state index in [1.807, 2.05) is 45.0 Å². The van der Waals surface area contributed by atoms with Crippen LogP contribution in [0, 0.1) is 0 Å². The molecule has 0 saturated carbocycles. The Hall–Kier alpha value is -3.50. The first-order valence-corrected chi connectivity index (χ1v) is 12.4. The van der Waals surface area contributed by atoms with E-state index in [0.29, 0.717) is 25.6 Å². The van der Waals surface area contributed by atoms with Crippen LogP contribution in [0.5, 0.6) is 0 Å². The Balaban J connectivity index is 1.28. The molecule has 0 radical (unpaired) electrons. The number of ether oxygens (including phenoxy) is 1. The van der Waals surface area contributed by atoms with Crippen molar-refractivity contribution >= 4 is 17.7 Å². The van der Waals surface area contributed by atoms with E-state index in [-0.39, 0.29) is 23.8 Å². The Labute approximate surface area is 211 Å². The Morgan fingerprint density at radius 3 is 2.81 bits per heavy atom. The van der Waals surface area contributed by atoms with Crippen LogP contribution in [0.4, 0.5) is 16.4 Å². The summed E-state index contributed by atoms with van der Waals surface area (Å²) >= 11 is 0. The van der Waals surface area contributed by atoms with Gasteiger partial charge in [0.2, 0.25) is 5.95 Å². The molecule has 10 heteroatoms. The molecular formula is C26H34N8O2. The number of likely N-dealkylation sites (tertiary alicyclic amines) is 1. The zero-order chi connectivity index (χ0) is 25.3. The Bertz CT molecular complexity index is 1230. The number of amides is 2. The minimum atomic E-state index is -0.200. The fraction of sp³-hybridized carbons (Fsp3) is 0.462. The first-order valence-electron chi connectivity index (χ1n) is 12.4. The van der Waals surface area contributed by atoms with Gasteiger partial charge in [-0.3, -0.25) is 4.68 Å². The maximum atomic E-state index is 12.9. The summed E-state index contributed by atoms with van der Waals surface area (Å²) in [5.41, 5.74) is 4.84. The molecule has 1 aromatic carbocycles. The van der Waals surface area contributed by atoms with Gasteiger partial charge < -0.3 is 25.6 Å². The van der Waals surface area contributed by atoms with E-state index >= 15 is 0 Å². The van der Waals surface area contributed by atoms with Gasteiger partial charge in [0.15, 0.2) is 0 Å². The number of benzene rings is 1. The van der Waals surface area contributed by atoms with E-state index < -0.39 is 0 Å². The molecule has 1 fully saturated rings. The quantitative estimate of drug-likeness (QED) is 0.504. The van der Waals surface area contributed by atoms with Gasteiger partial charge in [-0.2, -0.15) is 5.10 Å². The number of anilines is 2. The molecule has 0 spiro atoms. The number of urea groups is 1. The topological polar surface area (TPSA) is 109 Å². The number of carbonyl (C=O) groups is 1. The molecule has 1 atom stereocenters.